The first kappa shape index (κ1) is 17.2. The third-order valence-electron chi connectivity index (χ3n) is 3.40. The van der Waals surface area contributed by atoms with Crippen molar-refractivity contribution in [3.05, 3.63) is 34.4 Å². The monoisotopic (exact) mass is 279 g/mol. The van der Waals surface area contributed by atoms with E-state index in [1.54, 1.807) is 0 Å². The first-order valence-electron chi connectivity index (χ1n) is 7.40. The molecular weight excluding hydrogens is 250 g/mol. The molecule has 0 aromatic heterocycles. The van der Waals surface area contributed by atoms with Gasteiger partial charge in [-0.05, 0) is 58.4 Å². The standard InChI is InChI=1S/C17H29NO2/c1-12(2)20-8-7-19-11-16(18-6)17-14(4)9-13(3)10-15(17)5/h9-10,12,16,18H,7-8,11H2,1-6H3. The van der Waals surface area contributed by atoms with Gasteiger partial charge in [0, 0.05) is 0 Å². The molecule has 0 aliphatic rings. The molecule has 0 radical (unpaired) electrons. The molecule has 1 unspecified atom stereocenters. The van der Waals surface area contributed by atoms with Crippen molar-refractivity contribution in [1.29, 1.82) is 0 Å². The van der Waals surface area contributed by atoms with Crippen LogP contribution in [0.25, 0.3) is 0 Å². The van der Waals surface area contributed by atoms with Gasteiger partial charge in [-0.15, -0.1) is 0 Å². The summed E-state index contributed by atoms with van der Waals surface area (Å²) in [5, 5.41) is 3.35. The Kier molecular flexibility index (Phi) is 7.20. The van der Waals surface area contributed by atoms with Crippen LogP contribution in [0.2, 0.25) is 0 Å². The molecule has 0 fully saturated rings. The van der Waals surface area contributed by atoms with Gasteiger partial charge in [0.15, 0.2) is 0 Å². The molecule has 20 heavy (non-hydrogen) atoms. The van der Waals surface area contributed by atoms with Crippen molar-refractivity contribution in [2.45, 2.75) is 46.8 Å². The predicted octanol–water partition coefficient (Wildman–Crippen LogP) is 3.31. The van der Waals surface area contributed by atoms with Crippen LogP contribution in [0, 0.1) is 20.8 Å². The van der Waals surface area contributed by atoms with E-state index in [-0.39, 0.29) is 12.1 Å². The topological polar surface area (TPSA) is 30.5 Å². The summed E-state index contributed by atoms with van der Waals surface area (Å²) in [4.78, 5) is 0. The van der Waals surface area contributed by atoms with E-state index in [4.69, 9.17) is 9.47 Å². The van der Waals surface area contributed by atoms with Gasteiger partial charge < -0.3 is 14.8 Å². The second-order valence-electron chi connectivity index (χ2n) is 5.65. The predicted molar refractivity (Wildman–Crippen MR) is 84.4 cm³/mol. The van der Waals surface area contributed by atoms with Crippen LogP contribution in [0.3, 0.4) is 0 Å². The zero-order valence-electron chi connectivity index (χ0n) is 13.7. The SMILES string of the molecule is CNC(COCCOC(C)C)c1c(C)cc(C)cc1C. The zero-order chi connectivity index (χ0) is 15.1. The summed E-state index contributed by atoms with van der Waals surface area (Å²) in [5.41, 5.74) is 5.31. The van der Waals surface area contributed by atoms with Crippen LogP contribution in [-0.2, 0) is 9.47 Å². The van der Waals surface area contributed by atoms with Crippen molar-refractivity contribution in [2.75, 3.05) is 26.9 Å². The molecule has 1 N–H and O–H groups in total. The van der Waals surface area contributed by atoms with Gasteiger partial charge in [-0.3, -0.25) is 0 Å². The highest BCUT2D eigenvalue weighted by Crippen LogP contribution is 2.23. The van der Waals surface area contributed by atoms with Gasteiger partial charge in [-0.25, -0.2) is 0 Å². The largest absolute Gasteiger partial charge is 0.377 e. The molecule has 0 aliphatic carbocycles. The number of rotatable bonds is 8. The lowest BCUT2D eigenvalue weighted by atomic mass is 9.94. The van der Waals surface area contributed by atoms with Crippen molar-refractivity contribution in [1.82, 2.24) is 5.32 Å². The van der Waals surface area contributed by atoms with Crippen LogP contribution in [0.15, 0.2) is 12.1 Å². The molecular formula is C17H29NO2. The molecule has 0 aliphatic heterocycles. The smallest absolute Gasteiger partial charge is 0.0703 e. The van der Waals surface area contributed by atoms with Gasteiger partial charge in [-0.2, -0.15) is 0 Å². The lowest BCUT2D eigenvalue weighted by Gasteiger charge is -2.22. The number of aryl methyl sites for hydroxylation is 3. The van der Waals surface area contributed by atoms with Crippen LogP contribution in [0.1, 0.15) is 42.1 Å². The third-order valence-corrected chi connectivity index (χ3v) is 3.40. The van der Waals surface area contributed by atoms with E-state index in [0.29, 0.717) is 19.8 Å². The number of benzene rings is 1. The van der Waals surface area contributed by atoms with E-state index in [0.717, 1.165) is 0 Å². The van der Waals surface area contributed by atoms with Gasteiger partial charge in [0.05, 0.1) is 32.0 Å². The van der Waals surface area contributed by atoms with Gasteiger partial charge in [0.1, 0.15) is 0 Å². The Hall–Kier alpha value is -0.900. The average molecular weight is 279 g/mol. The maximum absolute atomic E-state index is 5.74. The molecule has 0 amide bonds. The highest BCUT2D eigenvalue weighted by Gasteiger charge is 2.15. The van der Waals surface area contributed by atoms with Crippen LogP contribution >= 0.6 is 0 Å². The molecule has 0 saturated heterocycles. The highest BCUT2D eigenvalue weighted by atomic mass is 16.5. The molecule has 3 nitrogen and oxygen atoms in total. The second-order valence-corrected chi connectivity index (χ2v) is 5.65. The Balaban J connectivity index is 2.58. The van der Waals surface area contributed by atoms with Crippen molar-refractivity contribution < 1.29 is 9.47 Å². The van der Waals surface area contributed by atoms with E-state index in [1.807, 2.05) is 20.9 Å². The normalized spacial score (nSPS) is 12.9. The van der Waals surface area contributed by atoms with Crippen LogP contribution in [0.5, 0.6) is 0 Å². The number of ether oxygens (including phenoxy) is 2. The minimum Gasteiger partial charge on any atom is -0.377 e. The Morgan fingerprint density at radius 2 is 1.65 bits per heavy atom. The Morgan fingerprint density at radius 1 is 1.05 bits per heavy atom. The van der Waals surface area contributed by atoms with Gasteiger partial charge in [-0.1, -0.05) is 17.7 Å². The molecule has 0 heterocycles. The molecule has 1 aromatic carbocycles. The summed E-state index contributed by atoms with van der Waals surface area (Å²) >= 11 is 0. The Labute approximate surface area is 123 Å². The Bertz CT molecular complexity index is 392. The fraction of sp³-hybridized carbons (Fsp3) is 0.647. The summed E-state index contributed by atoms with van der Waals surface area (Å²) in [6.07, 6.45) is 0.264. The first-order valence-corrected chi connectivity index (χ1v) is 7.40. The fourth-order valence-corrected chi connectivity index (χ4v) is 2.60. The zero-order valence-corrected chi connectivity index (χ0v) is 13.7. The number of nitrogens with one attached hydrogen (secondary N) is 1. The molecule has 0 spiro atoms. The summed E-state index contributed by atoms with van der Waals surface area (Å²) in [6.45, 7) is 12.5. The maximum Gasteiger partial charge on any atom is 0.0703 e. The average Bonchev–Trinajstić information content (AvgIpc) is 2.34. The van der Waals surface area contributed by atoms with Crippen LogP contribution < -0.4 is 5.32 Å². The van der Waals surface area contributed by atoms with Gasteiger partial charge in [0.25, 0.3) is 0 Å². The van der Waals surface area contributed by atoms with E-state index in [1.165, 1.54) is 22.3 Å². The molecule has 1 atom stereocenters. The Morgan fingerprint density at radius 3 is 2.15 bits per heavy atom. The third kappa shape index (κ3) is 5.23. The second kappa shape index (κ2) is 8.40. The lowest BCUT2D eigenvalue weighted by molar-refractivity contribution is 0.0141. The molecule has 1 rings (SSSR count). The minimum absolute atomic E-state index is 0.231. The summed E-state index contributed by atoms with van der Waals surface area (Å²) in [5.74, 6) is 0. The summed E-state index contributed by atoms with van der Waals surface area (Å²) in [7, 11) is 1.98. The van der Waals surface area contributed by atoms with E-state index >= 15 is 0 Å². The van der Waals surface area contributed by atoms with E-state index in [9.17, 15) is 0 Å². The highest BCUT2D eigenvalue weighted by molar-refractivity contribution is 5.39. The molecule has 0 saturated carbocycles. The van der Waals surface area contributed by atoms with Crippen LogP contribution in [-0.4, -0.2) is 33.0 Å². The number of likely N-dealkylation sites (N-methyl/N-ethyl adjacent to an activating group) is 1. The van der Waals surface area contributed by atoms with Crippen molar-refractivity contribution in [3.8, 4) is 0 Å². The van der Waals surface area contributed by atoms with Crippen molar-refractivity contribution >= 4 is 0 Å². The molecule has 3 heteroatoms. The first-order chi connectivity index (χ1) is 9.45. The van der Waals surface area contributed by atoms with Crippen molar-refractivity contribution in [2.24, 2.45) is 0 Å². The minimum atomic E-state index is 0.231. The van der Waals surface area contributed by atoms with Crippen LogP contribution in [0.4, 0.5) is 0 Å². The quantitative estimate of drug-likeness (QED) is 0.741. The lowest BCUT2D eigenvalue weighted by Crippen LogP contribution is -2.24. The summed E-state index contributed by atoms with van der Waals surface area (Å²) in [6, 6.07) is 4.69. The fourth-order valence-electron chi connectivity index (χ4n) is 2.60. The van der Waals surface area contributed by atoms with Gasteiger partial charge in [0.2, 0.25) is 0 Å². The molecule has 1 aromatic rings. The number of hydrogen-bond acceptors (Lipinski definition) is 3. The maximum atomic E-state index is 5.74. The van der Waals surface area contributed by atoms with Crippen molar-refractivity contribution in [3.63, 3.8) is 0 Å². The van der Waals surface area contributed by atoms with E-state index < -0.39 is 0 Å². The number of hydrogen-bond donors (Lipinski definition) is 1. The molecule has 114 valence electrons. The van der Waals surface area contributed by atoms with E-state index in [2.05, 4.69) is 38.2 Å². The molecule has 0 bridgehead atoms. The summed E-state index contributed by atoms with van der Waals surface area (Å²) < 4.78 is 11.2. The van der Waals surface area contributed by atoms with Gasteiger partial charge >= 0.3 is 0 Å².